The Balaban J connectivity index is 1.67. The SMILES string of the molecule is c1ccc(NC(=NCCc2ccco2)N2CCCCC2)cc1. The number of aliphatic imine (C=N–C) groups is 1. The Morgan fingerprint density at radius 1 is 1.05 bits per heavy atom. The van der Waals surface area contributed by atoms with Gasteiger partial charge in [0.05, 0.1) is 6.26 Å². The molecular weight excluding hydrogens is 274 g/mol. The van der Waals surface area contributed by atoms with E-state index in [-0.39, 0.29) is 0 Å². The van der Waals surface area contributed by atoms with Gasteiger partial charge in [-0.1, -0.05) is 18.2 Å². The van der Waals surface area contributed by atoms with Gasteiger partial charge in [0.1, 0.15) is 5.76 Å². The molecule has 4 nitrogen and oxygen atoms in total. The van der Waals surface area contributed by atoms with Gasteiger partial charge in [-0.25, -0.2) is 0 Å². The van der Waals surface area contributed by atoms with Crippen LogP contribution in [0.1, 0.15) is 25.0 Å². The van der Waals surface area contributed by atoms with Gasteiger partial charge in [0.25, 0.3) is 0 Å². The molecule has 0 bridgehead atoms. The first-order chi connectivity index (χ1) is 10.9. The molecule has 1 aromatic heterocycles. The van der Waals surface area contributed by atoms with Gasteiger partial charge in [0, 0.05) is 31.7 Å². The Kier molecular flexibility index (Phi) is 5.13. The zero-order chi connectivity index (χ0) is 15.0. The number of hydrogen-bond acceptors (Lipinski definition) is 2. The van der Waals surface area contributed by atoms with Crippen molar-refractivity contribution in [3.63, 3.8) is 0 Å². The summed E-state index contributed by atoms with van der Waals surface area (Å²) in [6.45, 7) is 2.90. The summed E-state index contributed by atoms with van der Waals surface area (Å²) in [6.07, 6.45) is 6.36. The third-order valence-corrected chi connectivity index (χ3v) is 3.89. The van der Waals surface area contributed by atoms with E-state index in [1.807, 2.05) is 30.3 Å². The topological polar surface area (TPSA) is 40.8 Å². The number of nitrogens with zero attached hydrogens (tertiary/aromatic N) is 2. The van der Waals surface area contributed by atoms with E-state index in [4.69, 9.17) is 9.41 Å². The molecule has 0 saturated carbocycles. The Labute approximate surface area is 131 Å². The highest BCUT2D eigenvalue weighted by Gasteiger charge is 2.14. The molecule has 0 aliphatic carbocycles. The molecule has 1 fully saturated rings. The number of likely N-dealkylation sites (tertiary alicyclic amines) is 1. The standard InChI is InChI=1S/C18H23N3O/c1-3-8-16(9-4-1)20-18(21-13-5-2-6-14-21)19-12-11-17-10-7-15-22-17/h1,3-4,7-10,15H,2,5-6,11-14H2,(H,19,20). The van der Waals surface area contributed by atoms with Crippen molar-refractivity contribution in [3.05, 3.63) is 54.5 Å². The summed E-state index contributed by atoms with van der Waals surface area (Å²) < 4.78 is 5.38. The first kappa shape index (κ1) is 14.7. The second-order valence-corrected chi connectivity index (χ2v) is 5.57. The summed E-state index contributed by atoms with van der Waals surface area (Å²) in [4.78, 5) is 7.15. The lowest BCUT2D eigenvalue weighted by Gasteiger charge is -2.30. The summed E-state index contributed by atoms with van der Waals surface area (Å²) in [6, 6.07) is 14.2. The number of nitrogens with one attached hydrogen (secondary N) is 1. The summed E-state index contributed by atoms with van der Waals surface area (Å²) >= 11 is 0. The molecule has 1 N–H and O–H groups in total. The van der Waals surface area contributed by atoms with Crippen molar-refractivity contribution >= 4 is 11.6 Å². The molecule has 0 amide bonds. The van der Waals surface area contributed by atoms with Crippen LogP contribution in [0.4, 0.5) is 5.69 Å². The Bertz CT molecular complexity index is 572. The van der Waals surface area contributed by atoms with Crippen LogP contribution in [0.2, 0.25) is 0 Å². The van der Waals surface area contributed by atoms with E-state index < -0.39 is 0 Å². The number of guanidine groups is 1. The maximum absolute atomic E-state index is 5.38. The number of rotatable bonds is 4. The predicted molar refractivity (Wildman–Crippen MR) is 90.2 cm³/mol. The highest BCUT2D eigenvalue weighted by molar-refractivity contribution is 5.93. The molecule has 1 aromatic carbocycles. The molecule has 22 heavy (non-hydrogen) atoms. The van der Waals surface area contributed by atoms with Gasteiger partial charge in [0.15, 0.2) is 5.96 Å². The van der Waals surface area contributed by atoms with Gasteiger partial charge in [-0.15, -0.1) is 0 Å². The molecule has 0 unspecified atom stereocenters. The molecule has 0 spiro atoms. The number of hydrogen-bond donors (Lipinski definition) is 1. The van der Waals surface area contributed by atoms with Crippen molar-refractivity contribution < 1.29 is 4.42 Å². The van der Waals surface area contributed by atoms with Crippen molar-refractivity contribution in [2.24, 2.45) is 4.99 Å². The molecule has 2 heterocycles. The molecule has 1 aliphatic rings. The van der Waals surface area contributed by atoms with Gasteiger partial charge in [-0.05, 0) is 43.5 Å². The van der Waals surface area contributed by atoms with Crippen LogP contribution >= 0.6 is 0 Å². The van der Waals surface area contributed by atoms with Crippen LogP contribution in [0.15, 0.2) is 58.1 Å². The van der Waals surface area contributed by atoms with Gasteiger partial charge >= 0.3 is 0 Å². The quantitative estimate of drug-likeness (QED) is 0.690. The van der Waals surface area contributed by atoms with Crippen molar-refractivity contribution in [1.82, 2.24) is 4.90 Å². The van der Waals surface area contributed by atoms with E-state index in [9.17, 15) is 0 Å². The summed E-state index contributed by atoms with van der Waals surface area (Å²) in [5.41, 5.74) is 1.09. The fourth-order valence-electron chi connectivity index (χ4n) is 2.70. The minimum absolute atomic E-state index is 0.735. The van der Waals surface area contributed by atoms with Crippen molar-refractivity contribution in [3.8, 4) is 0 Å². The number of benzene rings is 1. The molecular formula is C18H23N3O. The zero-order valence-electron chi connectivity index (χ0n) is 12.9. The summed E-state index contributed by atoms with van der Waals surface area (Å²) in [7, 11) is 0. The average molecular weight is 297 g/mol. The number of para-hydroxylation sites is 1. The molecule has 2 aromatic rings. The molecule has 4 heteroatoms. The zero-order valence-corrected chi connectivity index (χ0v) is 12.9. The lowest BCUT2D eigenvalue weighted by Crippen LogP contribution is -2.40. The van der Waals surface area contributed by atoms with Gasteiger partial charge in [-0.2, -0.15) is 0 Å². The van der Waals surface area contributed by atoms with E-state index in [1.165, 1.54) is 19.3 Å². The normalized spacial score (nSPS) is 15.8. The first-order valence-corrected chi connectivity index (χ1v) is 8.06. The van der Waals surface area contributed by atoms with E-state index in [1.54, 1.807) is 6.26 Å². The third-order valence-electron chi connectivity index (χ3n) is 3.89. The Morgan fingerprint density at radius 2 is 1.86 bits per heavy atom. The van der Waals surface area contributed by atoms with Crippen LogP contribution < -0.4 is 5.32 Å². The Morgan fingerprint density at radius 3 is 2.59 bits per heavy atom. The molecule has 1 saturated heterocycles. The van der Waals surface area contributed by atoms with Crippen molar-refractivity contribution in [1.29, 1.82) is 0 Å². The van der Waals surface area contributed by atoms with Crippen molar-refractivity contribution in [2.45, 2.75) is 25.7 Å². The molecule has 0 atom stereocenters. The van der Waals surface area contributed by atoms with Crippen LogP contribution in [-0.2, 0) is 6.42 Å². The van der Waals surface area contributed by atoms with E-state index in [0.717, 1.165) is 43.5 Å². The summed E-state index contributed by atoms with van der Waals surface area (Å²) in [5, 5.41) is 3.47. The second-order valence-electron chi connectivity index (χ2n) is 5.57. The number of furan rings is 1. The van der Waals surface area contributed by atoms with Crippen LogP contribution in [0.25, 0.3) is 0 Å². The average Bonchev–Trinajstić information content (AvgIpc) is 3.09. The molecule has 0 radical (unpaired) electrons. The van der Waals surface area contributed by atoms with E-state index in [2.05, 4.69) is 22.3 Å². The smallest absolute Gasteiger partial charge is 0.198 e. The molecule has 1 aliphatic heterocycles. The van der Waals surface area contributed by atoms with Crippen LogP contribution in [0, 0.1) is 0 Å². The number of piperidine rings is 1. The second kappa shape index (κ2) is 7.69. The van der Waals surface area contributed by atoms with Crippen LogP contribution in [-0.4, -0.2) is 30.5 Å². The highest BCUT2D eigenvalue weighted by Crippen LogP contribution is 2.13. The molecule has 116 valence electrons. The van der Waals surface area contributed by atoms with Gasteiger partial charge < -0.3 is 14.6 Å². The lowest BCUT2D eigenvalue weighted by molar-refractivity contribution is 0.340. The van der Waals surface area contributed by atoms with Gasteiger partial charge in [0.2, 0.25) is 0 Å². The van der Waals surface area contributed by atoms with E-state index in [0.29, 0.717) is 0 Å². The monoisotopic (exact) mass is 297 g/mol. The largest absolute Gasteiger partial charge is 0.469 e. The fourth-order valence-corrected chi connectivity index (χ4v) is 2.70. The summed E-state index contributed by atoms with van der Waals surface area (Å²) in [5.74, 6) is 1.97. The maximum Gasteiger partial charge on any atom is 0.198 e. The highest BCUT2D eigenvalue weighted by atomic mass is 16.3. The fraction of sp³-hybridized carbons (Fsp3) is 0.389. The van der Waals surface area contributed by atoms with Crippen molar-refractivity contribution in [2.75, 3.05) is 25.0 Å². The van der Waals surface area contributed by atoms with Crippen LogP contribution in [0.5, 0.6) is 0 Å². The minimum Gasteiger partial charge on any atom is -0.469 e. The van der Waals surface area contributed by atoms with E-state index >= 15 is 0 Å². The van der Waals surface area contributed by atoms with Gasteiger partial charge in [-0.3, -0.25) is 4.99 Å². The maximum atomic E-state index is 5.38. The molecule has 3 rings (SSSR count). The van der Waals surface area contributed by atoms with Crippen LogP contribution in [0.3, 0.4) is 0 Å². The predicted octanol–water partition coefficient (Wildman–Crippen LogP) is 3.78. The minimum atomic E-state index is 0.735. The number of anilines is 1. The third kappa shape index (κ3) is 4.13. The lowest BCUT2D eigenvalue weighted by atomic mass is 10.1. The Hall–Kier alpha value is -2.23. The first-order valence-electron chi connectivity index (χ1n) is 8.06.